The summed E-state index contributed by atoms with van der Waals surface area (Å²) in [4.78, 5) is 20.8. The topological polar surface area (TPSA) is 37.6 Å². The fourth-order valence-electron chi connectivity index (χ4n) is 3.60. The van der Waals surface area contributed by atoms with Crippen LogP contribution in [0.2, 0.25) is 0 Å². The monoisotopic (exact) mass is 417 g/mol. The van der Waals surface area contributed by atoms with Crippen molar-refractivity contribution >= 4 is 22.2 Å². The Kier molecular flexibility index (Phi) is 6.00. The first-order valence-electron chi connectivity index (χ1n) is 10.4. The summed E-state index contributed by atoms with van der Waals surface area (Å²) in [6.45, 7) is 6.92. The van der Waals surface area contributed by atoms with Gasteiger partial charge in [0.25, 0.3) is 0 Å². The average Bonchev–Trinajstić information content (AvgIpc) is 3.34. The summed E-state index contributed by atoms with van der Waals surface area (Å²) in [5, 5.41) is 2.05. The zero-order chi connectivity index (χ0) is 21.1. The summed E-state index contributed by atoms with van der Waals surface area (Å²) in [7, 11) is 0. The van der Waals surface area contributed by atoms with Crippen molar-refractivity contribution in [3.8, 4) is 11.3 Å². The van der Waals surface area contributed by atoms with E-state index in [9.17, 15) is 4.79 Å². The summed E-state index contributed by atoms with van der Waals surface area (Å²) < 4.78 is 2.06. The van der Waals surface area contributed by atoms with Crippen LogP contribution in [0.25, 0.3) is 16.2 Å². The van der Waals surface area contributed by atoms with E-state index >= 15 is 0 Å². The van der Waals surface area contributed by atoms with Crippen molar-refractivity contribution < 1.29 is 4.79 Å². The van der Waals surface area contributed by atoms with E-state index < -0.39 is 0 Å². The Morgan fingerprint density at radius 1 is 1.07 bits per heavy atom. The Bertz CT molecular complexity index is 1130. The number of rotatable bonds is 7. The number of hydrogen-bond acceptors (Lipinski definition) is 3. The van der Waals surface area contributed by atoms with Gasteiger partial charge in [-0.3, -0.25) is 9.20 Å². The second-order valence-corrected chi connectivity index (χ2v) is 8.67. The highest BCUT2D eigenvalue weighted by atomic mass is 32.1. The fourth-order valence-corrected chi connectivity index (χ4v) is 4.48. The number of hydrogen-bond donors (Lipinski definition) is 0. The number of imidazole rings is 1. The number of thiazole rings is 1. The number of nitrogens with zero attached hydrogens (tertiary/aromatic N) is 3. The maximum atomic E-state index is 13.1. The molecule has 0 bridgehead atoms. The molecule has 4 nitrogen and oxygen atoms in total. The summed E-state index contributed by atoms with van der Waals surface area (Å²) in [5.41, 5.74) is 5.51. The van der Waals surface area contributed by atoms with Crippen molar-refractivity contribution in [3.63, 3.8) is 0 Å². The lowest BCUT2D eigenvalue weighted by atomic mass is 10.1. The highest BCUT2D eigenvalue weighted by Gasteiger charge is 2.20. The summed E-state index contributed by atoms with van der Waals surface area (Å²) in [6, 6.07) is 18.8. The van der Waals surface area contributed by atoms with E-state index in [-0.39, 0.29) is 11.9 Å². The van der Waals surface area contributed by atoms with Crippen molar-refractivity contribution in [3.05, 3.63) is 83.0 Å². The lowest BCUT2D eigenvalue weighted by Gasteiger charge is -2.27. The van der Waals surface area contributed by atoms with Crippen LogP contribution in [0, 0.1) is 0 Å². The lowest BCUT2D eigenvalue weighted by Crippen LogP contribution is -2.37. The number of fused-ring (bicyclic) bond motifs is 1. The molecule has 0 fully saturated rings. The zero-order valence-corrected chi connectivity index (χ0v) is 18.5. The molecule has 0 saturated heterocycles. The second-order valence-electron chi connectivity index (χ2n) is 7.83. The van der Waals surface area contributed by atoms with Crippen LogP contribution in [0.3, 0.4) is 0 Å². The van der Waals surface area contributed by atoms with E-state index in [0.717, 1.165) is 33.9 Å². The van der Waals surface area contributed by atoms with E-state index in [0.29, 0.717) is 13.0 Å². The highest BCUT2D eigenvalue weighted by Crippen LogP contribution is 2.25. The molecule has 2 heterocycles. The van der Waals surface area contributed by atoms with Gasteiger partial charge in [-0.25, -0.2) is 4.98 Å². The van der Waals surface area contributed by atoms with Crippen molar-refractivity contribution in [2.24, 2.45) is 0 Å². The Hall–Kier alpha value is -2.92. The highest BCUT2D eigenvalue weighted by molar-refractivity contribution is 7.15. The first-order chi connectivity index (χ1) is 14.5. The Morgan fingerprint density at radius 2 is 1.80 bits per heavy atom. The molecule has 0 aliphatic rings. The van der Waals surface area contributed by atoms with Crippen LogP contribution < -0.4 is 0 Å². The summed E-state index contributed by atoms with van der Waals surface area (Å²) in [6.07, 6.45) is 3.45. The van der Waals surface area contributed by atoms with Crippen molar-refractivity contribution in [1.82, 2.24) is 14.3 Å². The van der Waals surface area contributed by atoms with E-state index in [4.69, 9.17) is 4.98 Å². The van der Waals surface area contributed by atoms with E-state index in [2.05, 4.69) is 61.6 Å². The van der Waals surface area contributed by atoms with Gasteiger partial charge in [0.05, 0.1) is 12.1 Å². The maximum absolute atomic E-state index is 13.1. The van der Waals surface area contributed by atoms with Crippen molar-refractivity contribution in [2.75, 3.05) is 0 Å². The number of carbonyl (C=O) groups excluding carboxylic acids is 1. The number of aryl methyl sites for hydroxylation is 1. The average molecular weight is 418 g/mol. The Morgan fingerprint density at radius 3 is 2.47 bits per heavy atom. The summed E-state index contributed by atoms with van der Waals surface area (Å²) in [5.74, 6) is 0.135. The Labute approximate surface area is 181 Å². The van der Waals surface area contributed by atoms with Gasteiger partial charge in [-0.2, -0.15) is 0 Å². The molecule has 0 aliphatic carbocycles. The smallest absolute Gasteiger partial charge is 0.229 e. The van der Waals surface area contributed by atoms with Gasteiger partial charge in [-0.05, 0) is 31.4 Å². The van der Waals surface area contributed by atoms with Crippen molar-refractivity contribution in [2.45, 2.75) is 46.2 Å². The predicted molar refractivity (Wildman–Crippen MR) is 124 cm³/mol. The molecular formula is C25H27N3OS. The quantitative estimate of drug-likeness (QED) is 0.392. The van der Waals surface area contributed by atoms with Crippen LogP contribution in [0.15, 0.2) is 66.2 Å². The third kappa shape index (κ3) is 4.31. The molecule has 0 aliphatic heterocycles. The van der Waals surface area contributed by atoms with E-state index in [1.807, 2.05) is 34.7 Å². The molecule has 154 valence electrons. The van der Waals surface area contributed by atoms with Gasteiger partial charge in [0, 0.05) is 35.4 Å². The van der Waals surface area contributed by atoms with Crippen LogP contribution in [-0.2, 0) is 24.2 Å². The second kappa shape index (κ2) is 8.84. The third-order valence-corrected chi connectivity index (χ3v) is 6.30. The molecule has 0 saturated carbocycles. The van der Waals surface area contributed by atoms with Crippen LogP contribution >= 0.6 is 11.3 Å². The van der Waals surface area contributed by atoms with E-state index in [1.54, 1.807) is 11.3 Å². The van der Waals surface area contributed by atoms with Gasteiger partial charge >= 0.3 is 0 Å². The molecule has 0 spiro atoms. The first kappa shape index (κ1) is 20.4. The number of carbonyl (C=O) groups is 1. The summed E-state index contributed by atoms with van der Waals surface area (Å²) >= 11 is 1.58. The lowest BCUT2D eigenvalue weighted by molar-refractivity contribution is -0.132. The zero-order valence-electron chi connectivity index (χ0n) is 17.7. The molecule has 0 radical (unpaired) electrons. The molecular weight excluding hydrogens is 390 g/mol. The molecule has 5 heteroatoms. The first-order valence-corrected chi connectivity index (χ1v) is 11.3. The fraction of sp³-hybridized carbons (Fsp3) is 0.280. The molecule has 4 rings (SSSR count). The minimum Gasteiger partial charge on any atom is -0.336 e. The van der Waals surface area contributed by atoms with Crippen molar-refractivity contribution in [1.29, 1.82) is 0 Å². The largest absolute Gasteiger partial charge is 0.336 e. The van der Waals surface area contributed by atoms with Gasteiger partial charge in [-0.15, -0.1) is 11.3 Å². The molecule has 4 aromatic rings. The van der Waals surface area contributed by atoms with Crippen LogP contribution in [0.4, 0.5) is 0 Å². The standard InChI is InChI=1S/C25H27N3OS/c1-4-19-10-12-21(13-11-19)23-16-28-22(17-30-25(28)26-23)14-24(29)27(18(2)3)15-20-8-6-5-7-9-20/h5-13,16-18H,4,14-15H2,1-3H3. The maximum Gasteiger partial charge on any atom is 0.229 e. The molecule has 0 atom stereocenters. The van der Waals surface area contributed by atoms with Crippen LogP contribution in [-0.4, -0.2) is 26.2 Å². The molecule has 0 N–H and O–H groups in total. The minimum absolute atomic E-state index is 0.135. The molecule has 1 amide bonds. The third-order valence-electron chi connectivity index (χ3n) is 5.41. The van der Waals surface area contributed by atoms with Gasteiger partial charge < -0.3 is 4.90 Å². The Balaban J connectivity index is 1.55. The van der Waals surface area contributed by atoms with Crippen LogP contribution in [0.5, 0.6) is 0 Å². The minimum atomic E-state index is 0.135. The van der Waals surface area contributed by atoms with E-state index in [1.165, 1.54) is 5.56 Å². The number of benzene rings is 2. The molecule has 30 heavy (non-hydrogen) atoms. The van der Waals surface area contributed by atoms with Crippen LogP contribution in [0.1, 0.15) is 37.6 Å². The molecule has 2 aromatic carbocycles. The number of amides is 1. The van der Waals surface area contributed by atoms with Gasteiger partial charge in [0.2, 0.25) is 5.91 Å². The predicted octanol–water partition coefficient (Wildman–Crippen LogP) is 5.60. The number of aromatic nitrogens is 2. The van der Waals surface area contributed by atoms with Gasteiger partial charge in [-0.1, -0.05) is 61.5 Å². The van der Waals surface area contributed by atoms with Gasteiger partial charge in [0.15, 0.2) is 4.96 Å². The molecule has 2 aromatic heterocycles. The molecule has 0 unspecified atom stereocenters. The van der Waals surface area contributed by atoms with Gasteiger partial charge in [0.1, 0.15) is 0 Å². The SMILES string of the molecule is CCc1ccc(-c2cn3c(CC(=O)N(Cc4ccccc4)C(C)C)csc3n2)cc1. The normalized spacial score (nSPS) is 11.3.